The summed E-state index contributed by atoms with van der Waals surface area (Å²) in [7, 11) is 1.82. The summed E-state index contributed by atoms with van der Waals surface area (Å²) in [5.41, 5.74) is 0.445. The van der Waals surface area contributed by atoms with Gasteiger partial charge in [-0.2, -0.15) is 0 Å². The molecule has 0 fully saturated rings. The summed E-state index contributed by atoms with van der Waals surface area (Å²) in [6, 6.07) is 5.45. The van der Waals surface area contributed by atoms with Crippen molar-refractivity contribution < 1.29 is 14.3 Å². The average Bonchev–Trinajstić information content (AvgIpc) is 2.34. The molecule has 0 saturated heterocycles. The molecule has 2 N–H and O–H groups in total. The molecule has 0 spiro atoms. The van der Waals surface area contributed by atoms with Gasteiger partial charge in [0.2, 0.25) is 5.91 Å². The Balaban J connectivity index is 2.52. The first-order chi connectivity index (χ1) is 8.90. The number of amides is 1. The SMILES string of the molecule is CC(O)CCN(C)C(C)C(=O)Nc1cccc(F)c1. The molecule has 0 saturated carbocycles. The molecule has 1 aromatic rings. The van der Waals surface area contributed by atoms with Gasteiger partial charge in [0.1, 0.15) is 5.82 Å². The second-order valence-electron chi connectivity index (χ2n) is 4.79. The van der Waals surface area contributed by atoms with E-state index in [0.717, 1.165) is 0 Å². The van der Waals surface area contributed by atoms with Crippen molar-refractivity contribution in [3.8, 4) is 0 Å². The highest BCUT2D eigenvalue weighted by molar-refractivity contribution is 5.94. The van der Waals surface area contributed by atoms with Crippen molar-refractivity contribution in [2.75, 3.05) is 18.9 Å². The van der Waals surface area contributed by atoms with Crippen molar-refractivity contribution in [3.05, 3.63) is 30.1 Å². The van der Waals surface area contributed by atoms with E-state index in [4.69, 9.17) is 0 Å². The summed E-state index contributed by atoms with van der Waals surface area (Å²) >= 11 is 0. The normalized spacial score (nSPS) is 14.2. The van der Waals surface area contributed by atoms with E-state index in [2.05, 4.69) is 5.32 Å². The third kappa shape index (κ3) is 5.36. The van der Waals surface area contributed by atoms with E-state index >= 15 is 0 Å². The van der Waals surface area contributed by atoms with Gasteiger partial charge in [-0.1, -0.05) is 6.07 Å². The van der Waals surface area contributed by atoms with E-state index in [9.17, 15) is 14.3 Å². The maximum Gasteiger partial charge on any atom is 0.241 e. The van der Waals surface area contributed by atoms with Crippen LogP contribution in [0.15, 0.2) is 24.3 Å². The minimum Gasteiger partial charge on any atom is -0.393 e. The van der Waals surface area contributed by atoms with Crippen molar-refractivity contribution in [2.24, 2.45) is 0 Å². The van der Waals surface area contributed by atoms with Gasteiger partial charge in [0.05, 0.1) is 12.1 Å². The van der Waals surface area contributed by atoms with E-state index < -0.39 is 0 Å². The van der Waals surface area contributed by atoms with Crippen LogP contribution >= 0.6 is 0 Å². The Morgan fingerprint density at radius 1 is 1.47 bits per heavy atom. The largest absolute Gasteiger partial charge is 0.393 e. The standard InChI is InChI=1S/C14H21FN2O2/c1-10(18)7-8-17(3)11(2)14(19)16-13-6-4-5-12(15)9-13/h4-6,9-11,18H,7-8H2,1-3H3,(H,16,19). The lowest BCUT2D eigenvalue weighted by atomic mass is 10.2. The average molecular weight is 268 g/mol. The molecule has 1 rings (SSSR count). The molecular formula is C14H21FN2O2. The molecule has 106 valence electrons. The lowest BCUT2D eigenvalue weighted by Gasteiger charge is -2.24. The number of nitrogens with one attached hydrogen (secondary N) is 1. The molecule has 5 heteroatoms. The van der Waals surface area contributed by atoms with E-state index in [0.29, 0.717) is 18.7 Å². The summed E-state index contributed by atoms with van der Waals surface area (Å²) in [6.07, 6.45) is 0.217. The van der Waals surface area contributed by atoms with Gasteiger partial charge in [-0.05, 0) is 45.5 Å². The van der Waals surface area contributed by atoms with Crippen LogP contribution in [0.25, 0.3) is 0 Å². The Hall–Kier alpha value is -1.46. The van der Waals surface area contributed by atoms with Gasteiger partial charge in [-0.15, -0.1) is 0 Å². The number of rotatable bonds is 6. The Labute approximate surface area is 113 Å². The fourth-order valence-corrected chi connectivity index (χ4v) is 1.60. The summed E-state index contributed by atoms with van der Waals surface area (Å²) in [6.45, 7) is 4.11. The van der Waals surface area contributed by atoms with Gasteiger partial charge >= 0.3 is 0 Å². The summed E-state index contributed by atoms with van der Waals surface area (Å²) < 4.78 is 13.0. The predicted octanol–water partition coefficient (Wildman–Crippen LogP) is 1.86. The van der Waals surface area contributed by atoms with Crippen LogP contribution < -0.4 is 5.32 Å². The van der Waals surface area contributed by atoms with Gasteiger partial charge in [-0.3, -0.25) is 9.69 Å². The smallest absolute Gasteiger partial charge is 0.241 e. The van der Waals surface area contributed by atoms with Gasteiger partial charge in [0.15, 0.2) is 0 Å². The fourth-order valence-electron chi connectivity index (χ4n) is 1.60. The zero-order chi connectivity index (χ0) is 14.4. The van der Waals surface area contributed by atoms with Gasteiger partial charge in [0, 0.05) is 12.2 Å². The van der Waals surface area contributed by atoms with Crippen LogP contribution in [0.3, 0.4) is 0 Å². The van der Waals surface area contributed by atoms with E-state index in [1.165, 1.54) is 12.1 Å². The van der Waals surface area contributed by atoms with Crippen molar-refractivity contribution in [3.63, 3.8) is 0 Å². The van der Waals surface area contributed by atoms with E-state index in [1.54, 1.807) is 26.0 Å². The molecule has 0 aliphatic carbocycles. The number of carbonyl (C=O) groups is 1. The molecular weight excluding hydrogens is 247 g/mol. The second kappa shape index (κ2) is 7.21. The summed E-state index contributed by atoms with van der Waals surface area (Å²) in [4.78, 5) is 13.8. The third-order valence-electron chi connectivity index (χ3n) is 3.03. The van der Waals surface area contributed by atoms with Crippen molar-refractivity contribution in [1.82, 2.24) is 4.90 Å². The Kier molecular flexibility index (Phi) is 5.92. The van der Waals surface area contributed by atoms with Crippen molar-refractivity contribution >= 4 is 11.6 Å². The highest BCUT2D eigenvalue weighted by atomic mass is 19.1. The topological polar surface area (TPSA) is 52.6 Å². The van der Waals surface area contributed by atoms with Gasteiger partial charge in [-0.25, -0.2) is 4.39 Å². The number of hydrogen-bond donors (Lipinski definition) is 2. The van der Waals surface area contributed by atoms with Crippen LogP contribution in [-0.2, 0) is 4.79 Å². The molecule has 2 unspecified atom stereocenters. The number of nitrogens with zero attached hydrogens (tertiary/aromatic N) is 1. The van der Waals surface area contributed by atoms with Gasteiger partial charge < -0.3 is 10.4 Å². The lowest BCUT2D eigenvalue weighted by molar-refractivity contribution is -0.120. The number of benzene rings is 1. The predicted molar refractivity (Wildman–Crippen MR) is 73.4 cm³/mol. The number of anilines is 1. The van der Waals surface area contributed by atoms with E-state index in [-0.39, 0.29) is 23.9 Å². The van der Waals surface area contributed by atoms with Crippen molar-refractivity contribution in [2.45, 2.75) is 32.4 Å². The van der Waals surface area contributed by atoms with E-state index in [1.807, 2.05) is 11.9 Å². The number of likely N-dealkylation sites (N-methyl/N-ethyl adjacent to an activating group) is 1. The van der Waals surface area contributed by atoms with Crippen LogP contribution in [0.5, 0.6) is 0 Å². The fraction of sp³-hybridized carbons (Fsp3) is 0.500. The first kappa shape index (κ1) is 15.6. The number of aliphatic hydroxyl groups is 1. The maximum atomic E-state index is 13.0. The van der Waals surface area contributed by atoms with Crippen LogP contribution in [0.4, 0.5) is 10.1 Å². The van der Waals surface area contributed by atoms with Crippen molar-refractivity contribution in [1.29, 1.82) is 0 Å². The molecule has 1 aromatic carbocycles. The molecule has 0 heterocycles. The minimum atomic E-state index is -0.388. The Morgan fingerprint density at radius 3 is 2.74 bits per heavy atom. The molecule has 19 heavy (non-hydrogen) atoms. The highest BCUT2D eigenvalue weighted by Gasteiger charge is 2.18. The first-order valence-corrected chi connectivity index (χ1v) is 6.35. The molecule has 0 aromatic heterocycles. The number of halogens is 1. The molecule has 0 bridgehead atoms. The molecule has 0 aliphatic heterocycles. The quantitative estimate of drug-likeness (QED) is 0.828. The Bertz CT molecular complexity index is 424. The van der Waals surface area contributed by atoms with Gasteiger partial charge in [0.25, 0.3) is 0 Å². The molecule has 2 atom stereocenters. The second-order valence-corrected chi connectivity index (χ2v) is 4.79. The highest BCUT2D eigenvalue weighted by Crippen LogP contribution is 2.10. The monoisotopic (exact) mass is 268 g/mol. The minimum absolute atomic E-state index is 0.196. The number of aliphatic hydroxyl groups excluding tert-OH is 1. The van der Waals surface area contributed by atoms with Crippen LogP contribution in [0.2, 0.25) is 0 Å². The number of carbonyl (C=O) groups excluding carboxylic acids is 1. The lowest BCUT2D eigenvalue weighted by Crippen LogP contribution is -2.40. The molecule has 4 nitrogen and oxygen atoms in total. The summed E-state index contributed by atoms with van der Waals surface area (Å²) in [5.74, 6) is -0.577. The maximum absolute atomic E-state index is 13.0. The third-order valence-corrected chi connectivity index (χ3v) is 3.03. The van der Waals surface area contributed by atoms with Crippen LogP contribution in [0.1, 0.15) is 20.3 Å². The molecule has 0 aliphatic rings. The van der Waals surface area contributed by atoms with Crippen LogP contribution in [0, 0.1) is 5.82 Å². The molecule has 1 amide bonds. The molecule has 0 radical (unpaired) electrons. The van der Waals surface area contributed by atoms with Crippen LogP contribution in [-0.4, -0.2) is 41.7 Å². The Morgan fingerprint density at radius 2 is 2.16 bits per heavy atom. The number of hydrogen-bond acceptors (Lipinski definition) is 3. The zero-order valence-electron chi connectivity index (χ0n) is 11.6. The first-order valence-electron chi connectivity index (χ1n) is 6.35. The zero-order valence-corrected chi connectivity index (χ0v) is 11.6. The summed E-state index contributed by atoms with van der Waals surface area (Å²) in [5, 5.41) is 11.9.